The second-order valence-electron chi connectivity index (χ2n) is 8.81. The van der Waals surface area contributed by atoms with Gasteiger partial charge in [0.1, 0.15) is 0 Å². The molecule has 0 aliphatic carbocycles. The Morgan fingerprint density at radius 1 is 1.05 bits per heavy atom. The van der Waals surface area contributed by atoms with E-state index in [0.717, 1.165) is 19.4 Å². The first-order valence-corrected chi connectivity index (χ1v) is 21.6. The van der Waals surface area contributed by atoms with Gasteiger partial charge in [0.25, 0.3) is 0 Å². The van der Waals surface area contributed by atoms with Gasteiger partial charge in [0.15, 0.2) is 0 Å². The van der Waals surface area contributed by atoms with E-state index in [9.17, 15) is 0 Å². The third-order valence-electron chi connectivity index (χ3n) is 4.06. The summed E-state index contributed by atoms with van der Waals surface area (Å²) in [6.45, 7) is 14.6. The van der Waals surface area contributed by atoms with Crippen LogP contribution in [0, 0.1) is 0 Å². The summed E-state index contributed by atoms with van der Waals surface area (Å²) in [4.78, 5) is 7.35. The molecule has 0 aromatic heterocycles. The Balaban J connectivity index is 4.03. The van der Waals surface area contributed by atoms with Gasteiger partial charge in [-0.15, -0.1) is 0 Å². The molecular formula is C19H38OSiSn. The fourth-order valence-corrected chi connectivity index (χ4v) is 7.52. The normalized spacial score (nSPS) is 15.2. The molecule has 0 atom stereocenters. The summed E-state index contributed by atoms with van der Waals surface area (Å²) < 4.78 is 8.71. The smallest absolute Gasteiger partial charge is 0.0604 e. The first-order chi connectivity index (χ1) is 9.85. The second-order valence-corrected chi connectivity index (χ2v) is 28.0. The molecule has 0 aromatic carbocycles. The van der Waals surface area contributed by atoms with E-state index in [1.165, 1.54) is 5.57 Å². The first-order valence-electron chi connectivity index (χ1n) is 8.49. The zero-order chi connectivity index (χ0) is 17.4. The molecule has 0 radical (unpaired) electrons. The van der Waals surface area contributed by atoms with Crippen LogP contribution in [0.2, 0.25) is 33.0 Å². The predicted octanol–water partition coefficient (Wildman–Crippen LogP) is 6.72. The molecule has 128 valence electrons. The van der Waals surface area contributed by atoms with Crippen LogP contribution in [0.25, 0.3) is 0 Å². The van der Waals surface area contributed by atoms with Gasteiger partial charge in [-0.2, -0.15) is 0 Å². The Labute approximate surface area is 144 Å². The first kappa shape index (κ1) is 22.2. The molecule has 0 bridgehead atoms. The van der Waals surface area contributed by atoms with E-state index in [-0.39, 0.29) is 0 Å². The molecular weight excluding hydrogens is 391 g/mol. The van der Waals surface area contributed by atoms with E-state index >= 15 is 0 Å². The Morgan fingerprint density at radius 2 is 1.59 bits per heavy atom. The van der Waals surface area contributed by atoms with E-state index < -0.39 is 26.7 Å². The molecule has 3 heteroatoms. The Bertz CT molecular complexity index is 406. The number of hydrogen-bond donors (Lipinski definition) is 0. The van der Waals surface area contributed by atoms with Crippen molar-refractivity contribution >= 4 is 26.7 Å². The van der Waals surface area contributed by atoms with Crippen LogP contribution in [-0.4, -0.2) is 33.3 Å². The molecule has 0 spiro atoms. The van der Waals surface area contributed by atoms with E-state index in [0.29, 0.717) is 5.04 Å². The number of rotatable bonds is 8. The van der Waals surface area contributed by atoms with Crippen LogP contribution in [0.3, 0.4) is 0 Å². The van der Waals surface area contributed by atoms with Gasteiger partial charge in [0.2, 0.25) is 0 Å². The standard InChI is InChI=1S/C16H29OSi.3CH3.Sn/c1-15(2)13-11-9-8-10-12-14-17-18(6,7)16(3,4)5;;;;/h1,8-11H,12-14H2,2-7H3;3*1H3;/b10-8-,11-9-,15-1?;;;;. The molecule has 0 fully saturated rings. The van der Waals surface area contributed by atoms with Gasteiger partial charge < -0.3 is 0 Å². The Kier molecular flexibility index (Phi) is 9.57. The zero-order valence-corrected chi connectivity index (χ0v) is 20.3. The van der Waals surface area contributed by atoms with Gasteiger partial charge in [-0.25, -0.2) is 0 Å². The van der Waals surface area contributed by atoms with Gasteiger partial charge in [0.05, 0.1) is 0 Å². The minimum atomic E-state index is -1.75. The molecule has 0 aromatic rings. The summed E-state index contributed by atoms with van der Waals surface area (Å²) in [5.41, 5.74) is 1.52. The SMILES string of the molecule is C/C(=[CH]/[Sn]([CH3])([CH3])[CH3])C/C=C\C=C/CCO[Si](C)(C)C(C)(C)C. The van der Waals surface area contributed by atoms with Gasteiger partial charge in [-0.3, -0.25) is 0 Å². The third kappa shape index (κ3) is 10.8. The number of allylic oxidation sites excluding steroid dienone is 4. The Hall–Kier alpha value is 0.196. The summed E-state index contributed by atoms with van der Waals surface area (Å²) in [7, 11) is -1.57. The van der Waals surface area contributed by atoms with Crippen LogP contribution in [0.15, 0.2) is 34.0 Å². The van der Waals surface area contributed by atoms with Crippen LogP contribution >= 0.6 is 0 Å². The molecule has 22 heavy (non-hydrogen) atoms. The van der Waals surface area contributed by atoms with Gasteiger partial charge >= 0.3 is 124 Å². The fraction of sp³-hybridized carbons (Fsp3) is 0.684. The van der Waals surface area contributed by atoms with E-state index in [1.54, 1.807) is 0 Å². The second kappa shape index (κ2) is 9.48. The summed E-state index contributed by atoms with van der Waals surface area (Å²) in [5, 5.41) is 0.304. The van der Waals surface area contributed by atoms with Crippen molar-refractivity contribution in [2.24, 2.45) is 0 Å². The topological polar surface area (TPSA) is 9.23 Å². The van der Waals surface area contributed by atoms with Crippen molar-refractivity contribution in [2.75, 3.05) is 6.61 Å². The molecule has 0 aliphatic rings. The summed E-state index contributed by atoms with van der Waals surface area (Å²) in [5.74, 6) is 0. The third-order valence-corrected chi connectivity index (χ3v) is 12.5. The van der Waals surface area contributed by atoms with Crippen molar-refractivity contribution in [1.82, 2.24) is 0 Å². The minimum absolute atomic E-state index is 0.304. The molecule has 1 nitrogen and oxygen atoms in total. The van der Waals surface area contributed by atoms with Gasteiger partial charge in [-0.1, -0.05) is 20.8 Å². The summed E-state index contributed by atoms with van der Waals surface area (Å²) in [6.07, 6.45) is 10.9. The minimum Gasteiger partial charge on any atom is -0.0604 e. The van der Waals surface area contributed by atoms with Crippen molar-refractivity contribution in [1.29, 1.82) is 0 Å². The van der Waals surface area contributed by atoms with E-state index in [4.69, 9.17) is 4.43 Å². The fourth-order valence-electron chi connectivity index (χ4n) is 1.90. The maximum atomic E-state index is 6.15. The average Bonchev–Trinajstić information content (AvgIpc) is 2.28. The number of hydrogen-bond acceptors (Lipinski definition) is 1. The Morgan fingerprint density at radius 3 is 2.09 bits per heavy atom. The molecule has 0 N–H and O–H groups in total. The monoisotopic (exact) mass is 430 g/mol. The van der Waals surface area contributed by atoms with Gasteiger partial charge in [-0.05, 0) is 0 Å². The molecule has 0 heterocycles. The van der Waals surface area contributed by atoms with Crippen molar-refractivity contribution in [3.63, 3.8) is 0 Å². The van der Waals surface area contributed by atoms with Crippen molar-refractivity contribution in [3.8, 4) is 0 Å². The van der Waals surface area contributed by atoms with Crippen LogP contribution < -0.4 is 0 Å². The van der Waals surface area contributed by atoms with Crippen molar-refractivity contribution in [2.45, 2.75) is 73.5 Å². The quantitative estimate of drug-likeness (QED) is 0.236. The van der Waals surface area contributed by atoms with Crippen LogP contribution in [0.1, 0.15) is 40.5 Å². The molecule has 0 aliphatic heterocycles. The predicted molar refractivity (Wildman–Crippen MR) is 108 cm³/mol. The van der Waals surface area contributed by atoms with Crippen LogP contribution in [0.4, 0.5) is 0 Å². The average molecular weight is 429 g/mol. The van der Waals surface area contributed by atoms with Gasteiger partial charge in [0, 0.05) is 0 Å². The summed E-state index contributed by atoms with van der Waals surface area (Å²) >= 11 is -1.75. The van der Waals surface area contributed by atoms with Crippen LogP contribution in [-0.2, 0) is 4.43 Å². The zero-order valence-electron chi connectivity index (χ0n) is 16.4. The molecule has 0 saturated heterocycles. The molecule has 0 saturated carbocycles. The maximum absolute atomic E-state index is 6.15. The summed E-state index contributed by atoms with van der Waals surface area (Å²) in [6, 6.07) is 0. The van der Waals surface area contributed by atoms with E-state index in [1.807, 2.05) is 0 Å². The van der Waals surface area contributed by atoms with Crippen molar-refractivity contribution in [3.05, 3.63) is 34.0 Å². The molecule has 0 amide bonds. The van der Waals surface area contributed by atoms with E-state index in [2.05, 4.69) is 84.0 Å². The molecule has 0 rings (SSSR count). The molecule has 0 unspecified atom stereocenters. The van der Waals surface area contributed by atoms with Crippen molar-refractivity contribution < 1.29 is 4.43 Å². The van der Waals surface area contributed by atoms with Crippen LogP contribution in [0.5, 0.6) is 0 Å².